The first kappa shape index (κ1) is 15.2. The average Bonchev–Trinajstić information content (AvgIpc) is 2.05. The van der Waals surface area contributed by atoms with E-state index in [1.54, 1.807) is 0 Å². The minimum atomic E-state index is -0.0872. The van der Waals surface area contributed by atoms with Crippen LogP contribution in [0.15, 0.2) is 0 Å². The Morgan fingerprint density at radius 3 is 2.54 bits per heavy atom. The quantitative estimate of drug-likeness (QED) is 0.513. The molecule has 0 amide bonds. The Balaban J connectivity index is 0. The summed E-state index contributed by atoms with van der Waals surface area (Å²) >= 11 is 0. The fourth-order valence-electron chi connectivity index (χ4n) is 0.893. The van der Waals surface area contributed by atoms with Gasteiger partial charge in [-0.15, -0.1) is 12.4 Å². The second kappa shape index (κ2) is 11.7. The Kier molecular flexibility index (Phi) is 13.7. The molecule has 0 saturated carbocycles. The van der Waals surface area contributed by atoms with Crippen molar-refractivity contribution in [3.63, 3.8) is 0 Å². The first-order valence-electron chi connectivity index (χ1n) is 4.67. The molecule has 0 heterocycles. The van der Waals surface area contributed by atoms with Gasteiger partial charge in [0.15, 0.2) is 0 Å². The van der Waals surface area contributed by atoms with Crippen LogP contribution >= 0.6 is 12.4 Å². The molecule has 0 unspecified atom stereocenters. The minimum absolute atomic E-state index is 0. The van der Waals surface area contributed by atoms with Crippen LogP contribution in [0.25, 0.3) is 0 Å². The van der Waals surface area contributed by atoms with E-state index in [1.165, 1.54) is 0 Å². The SMILES string of the molecule is CCCNCCCC(=O)OCC.Cl. The van der Waals surface area contributed by atoms with E-state index in [9.17, 15) is 4.79 Å². The van der Waals surface area contributed by atoms with Crippen molar-refractivity contribution >= 4 is 18.4 Å². The first-order chi connectivity index (χ1) is 5.81. The molecule has 3 nitrogen and oxygen atoms in total. The molecule has 0 aliphatic heterocycles. The zero-order valence-corrected chi connectivity index (χ0v) is 9.28. The second-order valence-corrected chi connectivity index (χ2v) is 2.66. The molecule has 0 saturated heterocycles. The van der Waals surface area contributed by atoms with Crippen LogP contribution in [0.4, 0.5) is 0 Å². The number of esters is 1. The van der Waals surface area contributed by atoms with Gasteiger partial charge in [-0.1, -0.05) is 6.92 Å². The Labute approximate surface area is 86.6 Å². The maximum absolute atomic E-state index is 10.8. The lowest BCUT2D eigenvalue weighted by molar-refractivity contribution is -0.143. The molecule has 0 radical (unpaired) electrons. The van der Waals surface area contributed by atoms with E-state index in [0.29, 0.717) is 13.0 Å². The minimum Gasteiger partial charge on any atom is -0.466 e. The van der Waals surface area contributed by atoms with E-state index in [-0.39, 0.29) is 18.4 Å². The van der Waals surface area contributed by atoms with Crippen molar-refractivity contribution in [1.29, 1.82) is 0 Å². The number of carbonyl (C=O) groups excluding carboxylic acids is 1. The lowest BCUT2D eigenvalue weighted by Gasteiger charge is -2.02. The molecule has 1 N–H and O–H groups in total. The molecule has 0 aromatic heterocycles. The summed E-state index contributed by atoms with van der Waals surface area (Å²) in [6.07, 6.45) is 2.54. The van der Waals surface area contributed by atoms with Gasteiger partial charge in [-0.25, -0.2) is 0 Å². The Bertz CT molecular complexity index is 120. The summed E-state index contributed by atoms with van der Waals surface area (Å²) in [4.78, 5) is 10.8. The number of nitrogens with one attached hydrogen (secondary N) is 1. The van der Waals surface area contributed by atoms with Crippen LogP contribution in [-0.4, -0.2) is 25.7 Å². The number of hydrogen-bond donors (Lipinski definition) is 1. The van der Waals surface area contributed by atoms with Gasteiger partial charge in [0.25, 0.3) is 0 Å². The highest BCUT2D eigenvalue weighted by atomic mass is 35.5. The molecule has 80 valence electrons. The van der Waals surface area contributed by atoms with Crippen molar-refractivity contribution < 1.29 is 9.53 Å². The van der Waals surface area contributed by atoms with Crippen LogP contribution in [0.2, 0.25) is 0 Å². The molecule has 0 aromatic rings. The maximum Gasteiger partial charge on any atom is 0.305 e. The predicted molar refractivity (Wildman–Crippen MR) is 56.3 cm³/mol. The van der Waals surface area contributed by atoms with Gasteiger partial charge in [0.1, 0.15) is 0 Å². The van der Waals surface area contributed by atoms with E-state index in [1.807, 2.05) is 6.92 Å². The fraction of sp³-hybridized carbons (Fsp3) is 0.889. The van der Waals surface area contributed by atoms with Crippen LogP contribution in [0.1, 0.15) is 33.1 Å². The van der Waals surface area contributed by atoms with Gasteiger partial charge in [-0.05, 0) is 32.9 Å². The Morgan fingerprint density at radius 1 is 1.31 bits per heavy atom. The largest absolute Gasteiger partial charge is 0.466 e. The van der Waals surface area contributed by atoms with Crippen molar-refractivity contribution in [2.24, 2.45) is 0 Å². The highest BCUT2D eigenvalue weighted by Crippen LogP contribution is 1.90. The van der Waals surface area contributed by atoms with Crippen molar-refractivity contribution in [1.82, 2.24) is 5.32 Å². The van der Waals surface area contributed by atoms with Crippen molar-refractivity contribution in [2.45, 2.75) is 33.1 Å². The van der Waals surface area contributed by atoms with E-state index in [0.717, 1.165) is 25.9 Å². The Morgan fingerprint density at radius 2 is 2.00 bits per heavy atom. The predicted octanol–water partition coefficient (Wildman–Crippen LogP) is 1.75. The molecule has 0 bridgehead atoms. The normalized spacial score (nSPS) is 9.08. The molecule has 0 atom stereocenters. The van der Waals surface area contributed by atoms with Crippen LogP contribution < -0.4 is 5.32 Å². The number of rotatable bonds is 7. The van der Waals surface area contributed by atoms with E-state index >= 15 is 0 Å². The van der Waals surface area contributed by atoms with Crippen molar-refractivity contribution in [3.05, 3.63) is 0 Å². The number of ether oxygens (including phenoxy) is 1. The monoisotopic (exact) mass is 209 g/mol. The maximum atomic E-state index is 10.8. The van der Waals surface area contributed by atoms with E-state index < -0.39 is 0 Å². The molecule has 13 heavy (non-hydrogen) atoms. The molecule has 0 aliphatic rings. The molecule has 0 rings (SSSR count). The lowest BCUT2D eigenvalue weighted by Crippen LogP contribution is -2.17. The summed E-state index contributed by atoms with van der Waals surface area (Å²) in [5.41, 5.74) is 0. The number of halogens is 1. The molecule has 0 aliphatic carbocycles. The van der Waals surface area contributed by atoms with Crippen LogP contribution in [0, 0.1) is 0 Å². The topological polar surface area (TPSA) is 38.3 Å². The van der Waals surface area contributed by atoms with Crippen LogP contribution in [-0.2, 0) is 9.53 Å². The second-order valence-electron chi connectivity index (χ2n) is 2.66. The van der Waals surface area contributed by atoms with Gasteiger partial charge in [0, 0.05) is 6.42 Å². The Hall–Kier alpha value is -0.280. The lowest BCUT2D eigenvalue weighted by atomic mass is 10.3. The van der Waals surface area contributed by atoms with E-state index in [2.05, 4.69) is 12.2 Å². The number of carbonyl (C=O) groups is 1. The first-order valence-corrected chi connectivity index (χ1v) is 4.67. The fourth-order valence-corrected chi connectivity index (χ4v) is 0.893. The van der Waals surface area contributed by atoms with Crippen LogP contribution in [0.5, 0.6) is 0 Å². The van der Waals surface area contributed by atoms with Gasteiger partial charge in [0.05, 0.1) is 6.61 Å². The van der Waals surface area contributed by atoms with Gasteiger partial charge >= 0.3 is 5.97 Å². The van der Waals surface area contributed by atoms with Crippen molar-refractivity contribution in [2.75, 3.05) is 19.7 Å². The van der Waals surface area contributed by atoms with Crippen molar-refractivity contribution in [3.8, 4) is 0 Å². The summed E-state index contributed by atoms with van der Waals surface area (Å²) in [5.74, 6) is -0.0872. The average molecular weight is 210 g/mol. The highest BCUT2D eigenvalue weighted by molar-refractivity contribution is 5.85. The summed E-state index contributed by atoms with van der Waals surface area (Å²) in [5, 5.41) is 3.22. The number of hydrogen-bond acceptors (Lipinski definition) is 3. The van der Waals surface area contributed by atoms with Crippen LogP contribution in [0.3, 0.4) is 0 Å². The van der Waals surface area contributed by atoms with Gasteiger partial charge < -0.3 is 10.1 Å². The molecule has 0 aromatic carbocycles. The molecule has 0 spiro atoms. The molecular formula is C9H20ClNO2. The smallest absolute Gasteiger partial charge is 0.305 e. The third-order valence-corrected chi connectivity index (χ3v) is 1.47. The summed E-state index contributed by atoms with van der Waals surface area (Å²) in [7, 11) is 0. The molecule has 0 fully saturated rings. The van der Waals surface area contributed by atoms with Gasteiger partial charge in [-0.2, -0.15) is 0 Å². The zero-order chi connectivity index (χ0) is 9.23. The summed E-state index contributed by atoms with van der Waals surface area (Å²) in [6, 6.07) is 0. The van der Waals surface area contributed by atoms with Gasteiger partial charge in [-0.3, -0.25) is 4.79 Å². The standard InChI is InChI=1S/C9H19NO2.ClH/c1-3-7-10-8-5-6-9(11)12-4-2;/h10H,3-8H2,1-2H3;1H. The van der Waals surface area contributed by atoms with E-state index in [4.69, 9.17) is 4.74 Å². The summed E-state index contributed by atoms with van der Waals surface area (Å²) in [6.45, 7) is 6.38. The molecular weight excluding hydrogens is 190 g/mol. The highest BCUT2D eigenvalue weighted by Gasteiger charge is 1.99. The third-order valence-electron chi connectivity index (χ3n) is 1.47. The summed E-state index contributed by atoms with van der Waals surface area (Å²) < 4.78 is 4.78. The third kappa shape index (κ3) is 11.7. The molecule has 4 heteroatoms. The zero-order valence-electron chi connectivity index (χ0n) is 8.47. The van der Waals surface area contributed by atoms with Gasteiger partial charge in [0.2, 0.25) is 0 Å².